The molecule has 2 aromatic heterocycles. The molecule has 3 aliphatic heterocycles. The van der Waals surface area contributed by atoms with Crippen molar-refractivity contribution in [2.45, 2.75) is 49.5 Å². The van der Waals surface area contributed by atoms with Crippen LogP contribution in [-0.2, 0) is 9.53 Å². The Morgan fingerprint density at radius 1 is 1.27 bits per heavy atom. The Bertz CT molecular complexity index is 2020. The predicted octanol–water partition coefficient (Wildman–Crippen LogP) is 5.44. The quantitative estimate of drug-likeness (QED) is 0.229. The highest BCUT2D eigenvalue weighted by atomic mass is 32.1. The van der Waals surface area contributed by atoms with Crippen LogP contribution in [0.3, 0.4) is 0 Å². The number of halogens is 3. The Hall–Kier alpha value is -4.45. The fourth-order valence-electron chi connectivity index (χ4n) is 8.05. The molecule has 0 spiro atoms. The molecule has 1 amide bonds. The van der Waals surface area contributed by atoms with Crippen molar-refractivity contribution in [3.63, 3.8) is 0 Å². The second-order valence-corrected chi connectivity index (χ2v) is 14.0. The number of likely N-dealkylation sites (N-methyl/N-ethyl adjacent to an activating group) is 1. The summed E-state index contributed by atoms with van der Waals surface area (Å²) in [6.45, 7) is 5.63. The zero-order valence-electron chi connectivity index (χ0n) is 27.2. The van der Waals surface area contributed by atoms with Gasteiger partial charge in [-0.2, -0.15) is 15.2 Å². The Labute approximate surface area is 285 Å². The lowest BCUT2D eigenvalue weighted by molar-refractivity contribution is -0.127. The molecule has 14 heteroatoms. The van der Waals surface area contributed by atoms with E-state index in [1.54, 1.807) is 24.1 Å². The van der Waals surface area contributed by atoms with Crippen molar-refractivity contribution in [2.24, 2.45) is 0 Å². The van der Waals surface area contributed by atoms with Crippen molar-refractivity contribution in [3.05, 3.63) is 54.1 Å². The van der Waals surface area contributed by atoms with Crippen LogP contribution in [0, 0.1) is 23.0 Å². The number of nitrogens with two attached hydrogens (primary N) is 1. The fraction of sp³-hybridized carbons (Fsp3) is 0.429. The van der Waals surface area contributed by atoms with Gasteiger partial charge in [0.1, 0.15) is 41.0 Å². The van der Waals surface area contributed by atoms with Crippen LogP contribution in [0.25, 0.3) is 32.1 Å². The number of thiophene rings is 1. The molecule has 0 saturated carbocycles. The molecule has 2 N–H and O–H groups in total. The maximum atomic E-state index is 16.9. The van der Waals surface area contributed by atoms with Gasteiger partial charge in [0, 0.05) is 50.0 Å². The van der Waals surface area contributed by atoms with Crippen molar-refractivity contribution < 1.29 is 27.4 Å². The van der Waals surface area contributed by atoms with Crippen molar-refractivity contribution in [1.82, 2.24) is 19.8 Å². The van der Waals surface area contributed by atoms with Gasteiger partial charge < -0.3 is 25.0 Å². The van der Waals surface area contributed by atoms with Gasteiger partial charge in [0.05, 0.1) is 34.5 Å². The molecule has 4 atom stereocenters. The lowest BCUT2D eigenvalue weighted by Gasteiger charge is -2.34. The molecule has 7 rings (SSSR count). The number of amides is 1. The summed E-state index contributed by atoms with van der Waals surface area (Å²) in [5.41, 5.74) is 6.01. The first kappa shape index (κ1) is 33.1. The largest absolute Gasteiger partial charge is 0.461 e. The summed E-state index contributed by atoms with van der Waals surface area (Å²) in [6, 6.07) is 7.28. The molecule has 4 unspecified atom stereocenters. The summed E-state index contributed by atoms with van der Waals surface area (Å²) in [6.07, 6.45) is 2.94. The average Bonchev–Trinajstić information content (AvgIpc) is 3.85. The number of methoxy groups -OCH3 is 1. The van der Waals surface area contributed by atoms with Gasteiger partial charge in [-0.15, -0.1) is 11.3 Å². The van der Waals surface area contributed by atoms with Crippen molar-refractivity contribution >= 4 is 49.1 Å². The van der Waals surface area contributed by atoms with Crippen molar-refractivity contribution in [2.75, 3.05) is 57.6 Å². The predicted molar refractivity (Wildman–Crippen MR) is 182 cm³/mol. The van der Waals surface area contributed by atoms with Gasteiger partial charge in [-0.1, -0.05) is 18.7 Å². The highest BCUT2D eigenvalue weighted by molar-refractivity contribution is 7.23. The Kier molecular flexibility index (Phi) is 8.62. The van der Waals surface area contributed by atoms with Crippen LogP contribution >= 0.6 is 11.3 Å². The monoisotopic (exact) mass is 691 g/mol. The minimum atomic E-state index is -0.957. The number of aromatic nitrogens is 2. The number of ether oxygens (including phenoxy) is 2. The van der Waals surface area contributed by atoms with Crippen LogP contribution in [0.15, 0.2) is 36.9 Å². The number of nitriles is 1. The van der Waals surface area contributed by atoms with Gasteiger partial charge in [-0.3, -0.25) is 9.69 Å². The Morgan fingerprint density at radius 2 is 2.06 bits per heavy atom. The summed E-state index contributed by atoms with van der Waals surface area (Å²) in [4.78, 5) is 27.8. The summed E-state index contributed by atoms with van der Waals surface area (Å²) < 4.78 is 58.3. The summed E-state index contributed by atoms with van der Waals surface area (Å²) in [5.74, 6) is -1.12. The lowest BCUT2D eigenvalue weighted by Crippen LogP contribution is -2.48. The van der Waals surface area contributed by atoms with Crippen molar-refractivity contribution in [1.29, 1.82) is 5.26 Å². The summed E-state index contributed by atoms with van der Waals surface area (Å²) in [5, 5.41) is 10.6. The van der Waals surface area contributed by atoms with Gasteiger partial charge in [0.2, 0.25) is 5.91 Å². The average molecular weight is 692 g/mol. The Morgan fingerprint density at radius 3 is 2.82 bits per heavy atom. The molecule has 10 nitrogen and oxygen atoms in total. The molecule has 5 heterocycles. The molecule has 2 aromatic carbocycles. The summed E-state index contributed by atoms with van der Waals surface area (Å²) >= 11 is 0.935. The van der Waals surface area contributed by atoms with E-state index in [0.29, 0.717) is 42.7 Å². The first-order valence-corrected chi connectivity index (χ1v) is 17.0. The molecular formula is C35H36F3N7O3S. The number of hydrogen-bond donors (Lipinski definition) is 1. The number of hydrogen-bond acceptors (Lipinski definition) is 10. The van der Waals surface area contributed by atoms with Crippen LogP contribution in [0.4, 0.5) is 24.0 Å². The summed E-state index contributed by atoms with van der Waals surface area (Å²) in [7, 11) is 3.39. The second kappa shape index (κ2) is 12.8. The minimum Gasteiger partial charge on any atom is -0.461 e. The smallest absolute Gasteiger partial charge is 0.319 e. The maximum absolute atomic E-state index is 16.9. The zero-order valence-corrected chi connectivity index (χ0v) is 28.0. The van der Waals surface area contributed by atoms with Crippen LogP contribution in [0.2, 0.25) is 0 Å². The van der Waals surface area contributed by atoms with E-state index in [-0.39, 0.29) is 68.9 Å². The molecule has 3 aliphatic rings. The SMILES string of the molecule is C=CC(=O)N1CCC(N(C)c2nc(OCC34CCCN3CC(F)C4)nc3c(F)c(-c4ccc(F)c5sc(N)c(C#N)c45)ccc23)C1COC. The van der Waals surface area contributed by atoms with Gasteiger partial charge >= 0.3 is 6.01 Å². The fourth-order valence-corrected chi connectivity index (χ4v) is 9.00. The minimum absolute atomic E-state index is 0.0422. The first-order valence-electron chi connectivity index (χ1n) is 16.2. The molecule has 3 fully saturated rings. The van der Waals surface area contributed by atoms with Crippen LogP contribution in [-0.4, -0.2) is 96.5 Å². The van der Waals surface area contributed by atoms with Crippen LogP contribution in [0.5, 0.6) is 6.01 Å². The number of carbonyl (C=O) groups excluding carboxylic acids is 1. The lowest BCUT2D eigenvalue weighted by atomic mass is 9.95. The molecular weight excluding hydrogens is 655 g/mol. The number of fused-ring (bicyclic) bond motifs is 3. The molecule has 0 aliphatic carbocycles. The van der Waals surface area contributed by atoms with E-state index in [4.69, 9.17) is 20.2 Å². The van der Waals surface area contributed by atoms with Crippen LogP contribution in [0.1, 0.15) is 31.2 Å². The first-order chi connectivity index (χ1) is 23.6. The number of nitrogen functional groups attached to an aromatic ring is 1. The number of carbonyl (C=O) groups is 1. The number of likely N-dealkylation sites (tertiary alicyclic amines) is 1. The number of nitrogens with zero attached hydrogens (tertiary/aromatic N) is 6. The Balaban J connectivity index is 1.36. The normalized spacial score (nSPS) is 23.7. The van der Waals surface area contributed by atoms with Gasteiger partial charge in [-0.05, 0) is 49.6 Å². The second-order valence-electron chi connectivity index (χ2n) is 13.0. The maximum Gasteiger partial charge on any atom is 0.319 e. The highest BCUT2D eigenvalue weighted by Gasteiger charge is 2.49. The topological polar surface area (TPSA) is 121 Å². The third-order valence-corrected chi connectivity index (χ3v) is 11.4. The van der Waals surface area contributed by atoms with Crippen LogP contribution < -0.4 is 15.4 Å². The van der Waals surface area contributed by atoms with E-state index in [1.807, 2.05) is 18.0 Å². The van der Waals surface area contributed by atoms with E-state index >= 15 is 4.39 Å². The van der Waals surface area contributed by atoms with E-state index in [2.05, 4.69) is 16.5 Å². The van der Waals surface area contributed by atoms with Gasteiger partial charge in [-0.25, -0.2) is 13.2 Å². The molecule has 49 heavy (non-hydrogen) atoms. The molecule has 3 saturated heterocycles. The molecule has 256 valence electrons. The van der Waals surface area contributed by atoms with E-state index in [9.17, 15) is 18.8 Å². The third-order valence-electron chi connectivity index (χ3n) is 10.4. The standard InChI is InChI=1S/C35H36F3N7O3S/c1-4-27(46)45-13-10-25(26(45)17-47-3)43(2)33-22-7-6-21(20-8-9-24(37)31-28(20)23(15-39)32(40)49-31)29(38)30(22)41-34(42-33)48-18-35-11-5-12-44(35)16-19(36)14-35/h4,6-9,19,25-26H,1,5,10-14,16-18,40H2,2-3H3. The number of rotatable bonds is 9. The third kappa shape index (κ3) is 5.44. The van der Waals surface area contributed by atoms with Crippen molar-refractivity contribution in [3.8, 4) is 23.2 Å². The highest BCUT2D eigenvalue weighted by Crippen LogP contribution is 2.44. The number of anilines is 2. The number of benzene rings is 2. The van der Waals surface area contributed by atoms with Gasteiger partial charge in [0.15, 0.2) is 5.82 Å². The zero-order chi connectivity index (χ0) is 34.6. The van der Waals surface area contributed by atoms with E-state index in [1.165, 1.54) is 18.2 Å². The molecule has 4 aromatic rings. The van der Waals surface area contributed by atoms with E-state index < -0.39 is 23.3 Å². The van der Waals surface area contributed by atoms with Gasteiger partial charge in [0.25, 0.3) is 0 Å². The molecule has 0 bridgehead atoms. The number of alkyl halides is 1. The molecule has 0 radical (unpaired) electrons. The van der Waals surface area contributed by atoms with E-state index in [0.717, 1.165) is 30.7 Å².